The van der Waals surface area contributed by atoms with Gasteiger partial charge in [0.2, 0.25) is 0 Å². The highest BCUT2D eigenvalue weighted by Crippen LogP contribution is 2.46. The van der Waals surface area contributed by atoms with E-state index in [0.717, 1.165) is 27.8 Å². The predicted octanol–water partition coefficient (Wildman–Crippen LogP) is 5.61. The van der Waals surface area contributed by atoms with Crippen LogP contribution in [0.3, 0.4) is 0 Å². The number of furan rings is 2. The minimum Gasteiger partial charge on any atom is -0.497 e. The quantitative estimate of drug-likeness (QED) is 0.506. The molecule has 0 unspecified atom stereocenters. The maximum absolute atomic E-state index is 6.41. The van der Waals surface area contributed by atoms with E-state index in [-0.39, 0.29) is 0 Å². The lowest BCUT2D eigenvalue weighted by Crippen LogP contribution is -1.87. The molecule has 0 aliphatic carbocycles. The van der Waals surface area contributed by atoms with Crippen LogP contribution in [0.15, 0.2) is 57.6 Å². The lowest BCUT2D eigenvalue weighted by Gasteiger charge is -2.05. The van der Waals surface area contributed by atoms with Gasteiger partial charge >= 0.3 is 0 Å². The van der Waals surface area contributed by atoms with E-state index in [9.17, 15) is 0 Å². The minimum absolute atomic E-state index is 0.307. The second kappa shape index (κ2) is 6.35. The average Bonchev–Trinajstić information content (AvgIpc) is 3.25. The number of hydrogen-bond acceptors (Lipinski definition) is 5. The molecule has 0 bridgehead atoms. The van der Waals surface area contributed by atoms with Crippen LogP contribution in [-0.2, 0) is 0 Å². The number of hydrogen-bond donors (Lipinski definition) is 1. The molecule has 0 saturated carbocycles. The van der Waals surface area contributed by atoms with Crippen molar-refractivity contribution in [3.8, 4) is 33.9 Å². The highest BCUT2D eigenvalue weighted by Gasteiger charge is 2.23. The van der Waals surface area contributed by atoms with Crippen molar-refractivity contribution < 1.29 is 18.3 Å². The van der Waals surface area contributed by atoms with Crippen molar-refractivity contribution in [1.29, 1.82) is 0 Å². The molecule has 2 aromatic heterocycles. The average molecular weight is 370 g/mol. The topological polar surface area (TPSA) is 70.8 Å². The summed E-state index contributed by atoms with van der Waals surface area (Å²) in [6.07, 6.45) is 1.54. The van der Waals surface area contributed by atoms with Gasteiger partial charge in [-0.25, -0.2) is 0 Å². The number of methoxy groups -OCH3 is 2. The van der Waals surface area contributed by atoms with E-state index >= 15 is 0 Å². The SMILES string of the molecule is COc1ccc(-c2oc3c(Cl)cc(OC)cc3c2-c2ccoc2N)cc1. The van der Waals surface area contributed by atoms with Crippen LogP contribution >= 0.6 is 11.6 Å². The molecule has 26 heavy (non-hydrogen) atoms. The summed E-state index contributed by atoms with van der Waals surface area (Å²) in [6.45, 7) is 0. The Balaban J connectivity index is 2.05. The van der Waals surface area contributed by atoms with Gasteiger partial charge in [0.15, 0.2) is 11.5 Å². The molecular formula is C20H16ClNO4. The van der Waals surface area contributed by atoms with Crippen LogP contribution in [-0.4, -0.2) is 14.2 Å². The smallest absolute Gasteiger partial charge is 0.198 e. The molecule has 132 valence electrons. The number of nitrogens with two attached hydrogens (primary N) is 1. The maximum atomic E-state index is 6.41. The van der Waals surface area contributed by atoms with Gasteiger partial charge in [0, 0.05) is 28.1 Å². The van der Waals surface area contributed by atoms with E-state index in [0.29, 0.717) is 28.0 Å². The number of rotatable bonds is 4. The van der Waals surface area contributed by atoms with E-state index in [4.69, 9.17) is 35.6 Å². The van der Waals surface area contributed by atoms with Gasteiger partial charge in [-0.3, -0.25) is 0 Å². The van der Waals surface area contributed by atoms with Crippen LogP contribution in [0.25, 0.3) is 33.4 Å². The van der Waals surface area contributed by atoms with Crippen LogP contribution in [0.4, 0.5) is 5.88 Å². The number of halogens is 1. The molecule has 4 rings (SSSR count). The Morgan fingerprint density at radius 1 is 0.962 bits per heavy atom. The zero-order valence-corrected chi connectivity index (χ0v) is 15.0. The van der Waals surface area contributed by atoms with Crippen LogP contribution < -0.4 is 15.2 Å². The second-order valence-electron chi connectivity index (χ2n) is 5.72. The highest BCUT2D eigenvalue weighted by atomic mass is 35.5. The van der Waals surface area contributed by atoms with Crippen molar-refractivity contribution in [2.24, 2.45) is 0 Å². The molecule has 0 amide bonds. The summed E-state index contributed by atoms with van der Waals surface area (Å²) in [5.41, 5.74) is 9.00. The first kappa shape index (κ1) is 16.4. The summed E-state index contributed by atoms with van der Waals surface area (Å²) in [6, 6.07) is 13.0. The molecule has 0 aliphatic rings. The summed E-state index contributed by atoms with van der Waals surface area (Å²) in [4.78, 5) is 0. The second-order valence-corrected chi connectivity index (χ2v) is 6.13. The van der Waals surface area contributed by atoms with E-state index in [2.05, 4.69) is 0 Å². The molecule has 0 saturated heterocycles. The third kappa shape index (κ3) is 2.57. The number of benzene rings is 2. The third-order valence-corrected chi connectivity index (χ3v) is 4.55. The van der Waals surface area contributed by atoms with Gasteiger partial charge in [-0.05, 0) is 36.4 Å². The van der Waals surface area contributed by atoms with Crippen molar-refractivity contribution in [2.75, 3.05) is 20.0 Å². The Morgan fingerprint density at radius 2 is 1.69 bits per heavy atom. The first-order valence-electron chi connectivity index (χ1n) is 7.90. The number of ether oxygens (including phenoxy) is 2. The largest absolute Gasteiger partial charge is 0.497 e. The Hall–Kier alpha value is -3.05. The maximum Gasteiger partial charge on any atom is 0.198 e. The van der Waals surface area contributed by atoms with Gasteiger partial charge in [0.1, 0.15) is 17.3 Å². The molecule has 2 heterocycles. The fourth-order valence-corrected chi connectivity index (χ4v) is 3.24. The Labute approximate surface area is 154 Å². The van der Waals surface area contributed by atoms with Crippen molar-refractivity contribution in [1.82, 2.24) is 0 Å². The van der Waals surface area contributed by atoms with Crippen molar-refractivity contribution in [3.05, 3.63) is 53.8 Å². The molecule has 2 aromatic carbocycles. The normalized spacial score (nSPS) is 11.0. The molecule has 5 nitrogen and oxygen atoms in total. The lowest BCUT2D eigenvalue weighted by molar-refractivity contribution is 0.415. The molecule has 0 atom stereocenters. The molecular weight excluding hydrogens is 354 g/mol. The van der Waals surface area contributed by atoms with Gasteiger partial charge in [-0.15, -0.1) is 0 Å². The molecule has 4 aromatic rings. The summed E-state index contributed by atoms with van der Waals surface area (Å²) in [5, 5.41) is 1.26. The molecule has 6 heteroatoms. The molecule has 2 N–H and O–H groups in total. The van der Waals surface area contributed by atoms with E-state index in [1.807, 2.05) is 30.3 Å². The van der Waals surface area contributed by atoms with Gasteiger partial charge < -0.3 is 24.0 Å². The molecule has 0 radical (unpaired) electrons. The Kier molecular flexibility index (Phi) is 4.01. The molecule has 0 aliphatic heterocycles. The number of nitrogen functional groups attached to an aromatic ring is 1. The summed E-state index contributed by atoms with van der Waals surface area (Å²) >= 11 is 6.41. The predicted molar refractivity (Wildman–Crippen MR) is 102 cm³/mol. The summed E-state index contributed by atoms with van der Waals surface area (Å²) < 4.78 is 22.0. The molecule has 0 fully saturated rings. The van der Waals surface area contributed by atoms with Crippen LogP contribution in [0.5, 0.6) is 11.5 Å². The fraction of sp³-hybridized carbons (Fsp3) is 0.100. The zero-order valence-electron chi connectivity index (χ0n) is 14.2. The van der Waals surface area contributed by atoms with Crippen LogP contribution in [0, 0.1) is 0 Å². The summed E-state index contributed by atoms with van der Waals surface area (Å²) in [5.74, 6) is 2.34. The monoisotopic (exact) mass is 369 g/mol. The van der Waals surface area contributed by atoms with Gasteiger partial charge in [0.05, 0.1) is 25.5 Å². The van der Waals surface area contributed by atoms with Gasteiger partial charge in [0.25, 0.3) is 0 Å². The molecule has 0 spiro atoms. The Bertz CT molecular complexity index is 1080. The first-order valence-corrected chi connectivity index (χ1v) is 8.28. The van der Waals surface area contributed by atoms with E-state index in [1.165, 1.54) is 0 Å². The first-order chi connectivity index (χ1) is 12.6. The lowest BCUT2D eigenvalue weighted by atomic mass is 10.00. The zero-order chi connectivity index (χ0) is 18.3. The van der Waals surface area contributed by atoms with Gasteiger partial charge in [-0.2, -0.15) is 0 Å². The van der Waals surface area contributed by atoms with Crippen molar-refractivity contribution in [3.63, 3.8) is 0 Å². The van der Waals surface area contributed by atoms with E-state index < -0.39 is 0 Å². The van der Waals surface area contributed by atoms with Crippen LogP contribution in [0.1, 0.15) is 0 Å². The number of anilines is 1. The third-order valence-electron chi connectivity index (χ3n) is 4.27. The van der Waals surface area contributed by atoms with Crippen molar-refractivity contribution in [2.45, 2.75) is 0 Å². The van der Waals surface area contributed by atoms with Crippen LogP contribution in [0.2, 0.25) is 5.02 Å². The summed E-state index contributed by atoms with van der Waals surface area (Å²) in [7, 11) is 3.22. The van der Waals surface area contributed by atoms with E-state index in [1.54, 1.807) is 32.6 Å². The van der Waals surface area contributed by atoms with Gasteiger partial charge in [-0.1, -0.05) is 11.6 Å². The highest BCUT2D eigenvalue weighted by molar-refractivity contribution is 6.35. The minimum atomic E-state index is 0.307. The Morgan fingerprint density at radius 3 is 2.31 bits per heavy atom. The van der Waals surface area contributed by atoms with Crippen molar-refractivity contribution >= 4 is 28.5 Å². The standard InChI is InChI=1S/C20H16ClNO4/c1-23-12-5-3-11(4-6-12)18-17(14-7-8-25-20(14)22)15-9-13(24-2)10-16(21)19(15)26-18/h3-10H,22H2,1-2H3. The number of fused-ring (bicyclic) bond motifs is 1. The fourth-order valence-electron chi connectivity index (χ4n) is 2.99.